The van der Waals surface area contributed by atoms with Crippen LogP contribution in [0.4, 0.5) is 4.79 Å². The first-order valence-electron chi connectivity index (χ1n) is 8.19. The lowest BCUT2D eigenvalue weighted by atomic mass is 10.0. The van der Waals surface area contributed by atoms with Crippen molar-refractivity contribution in [3.8, 4) is 0 Å². The van der Waals surface area contributed by atoms with Crippen molar-refractivity contribution in [2.45, 2.75) is 45.7 Å². The van der Waals surface area contributed by atoms with E-state index in [0.29, 0.717) is 19.1 Å². The molecule has 1 rings (SSSR count). The molecule has 0 aliphatic rings. The van der Waals surface area contributed by atoms with E-state index in [9.17, 15) is 14.4 Å². The largest absolute Gasteiger partial charge is 0.450 e. The Labute approximate surface area is 143 Å². The Hall–Kier alpha value is -2.37. The van der Waals surface area contributed by atoms with E-state index in [-0.39, 0.29) is 18.4 Å². The van der Waals surface area contributed by atoms with Crippen molar-refractivity contribution in [3.05, 3.63) is 35.9 Å². The molecule has 2 unspecified atom stereocenters. The summed E-state index contributed by atoms with van der Waals surface area (Å²) in [6, 6.07) is 8.06. The molecule has 2 atom stereocenters. The Balaban J connectivity index is 2.69. The third-order valence-corrected chi connectivity index (χ3v) is 3.38. The smallest absolute Gasteiger partial charge is 0.407 e. The molecule has 0 aliphatic heterocycles. The van der Waals surface area contributed by atoms with Crippen LogP contribution in [0.5, 0.6) is 0 Å². The van der Waals surface area contributed by atoms with E-state index in [4.69, 9.17) is 4.74 Å². The molecule has 6 nitrogen and oxygen atoms in total. The van der Waals surface area contributed by atoms with Crippen LogP contribution in [0.15, 0.2) is 30.3 Å². The predicted octanol–water partition coefficient (Wildman–Crippen LogP) is 2.07. The van der Waals surface area contributed by atoms with E-state index in [1.54, 1.807) is 6.92 Å². The highest BCUT2D eigenvalue weighted by atomic mass is 16.5. The summed E-state index contributed by atoms with van der Waals surface area (Å²) in [6.07, 6.45) is 0.941. The minimum Gasteiger partial charge on any atom is -0.450 e. The molecule has 0 saturated carbocycles. The number of amides is 2. The Morgan fingerprint density at radius 1 is 1.17 bits per heavy atom. The van der Waals surface area contributed by atoms with Crippen molar-refractivity contribution >= 4 is 18.3 Å². The number of benzene rings is 1. The Bertz CT molecular complexity index is 531. The van der Waals surface area contributed by atoms with E-state index >= 15 is 0 Å². The second-order valence-electron chi connectivity index (χ2n) is 5.99. The molecule has 1 aromatic rings. The first-order valence-corrected chi connectivity index (χ1v) is 8.19. The zero-order chi connectivity index (χ0) is 17.9. The third-order valence-electron chi connectivity index (χ3n) is 3.38. The molecule has 0 spiro atoms. The fraction of sp³-hybridized carbons (Fsp3) is 0.500. The summed E-state index contributed by atoms with van der Waals surface area (Å²) in [5, 5.41) is 5.24. The fourth-order valence-corrected chi connectivity index (χ4v) is 2.30. The number of rotatable bonds is 9. The highest BCUT2D eigenvalue weighted by molar-refractivity contribution is 5.87. The van der Waals surface area contributed by atoms with Gasteiger partial charge in [-0.3, -0.25) is 4.79 Å². The van der Waals surface area contributed by atoms with Crippen LogP contribution < -0.4 is 10.6 Å². The second-order valence-corrected chi connectivity index (χ2v) is 5.99. The van der Waals surface area contributed by atoms with Gasteiger partial charge in [0.05, 0.1) is 12.6 Å². The molecule has 6 heteroatoms. The maximum Gasteiger partial charge on any atom is 0.407 e. The molecule has 0 radical (unpaired) electrons. The average Bonchev–Trinajstić information content (AvgIpc) is 2.54. The van der Waals surface area contributed by atoms with Gasteiger partial charge in [0.15, 0.2) is 0 Å². The van der Waals surface area contributed by atoms with E-state index in [1.165, 1.54) is 0 Å². The monoisotopic (exact) mass is 334 g/mol. The van der Waals surface area contributed by atoms with E-state index in [0.717, 1.165) is 5.56 Å². The summed E-state index contributed by atoms with van der Waals surface area (Å²) in [5.41, 5.74) is 0.952. The molecule has 0 aromatic heterocycles. The summed E-state index contributed by atoms with van der Waals surface area (Å²) < 4.78 is 4.83. The lowest BCUT2D eigenvalue weighted by molar-refractivity contribution is -0.126. The van der Waals surface area contributed by atoms with E-state index in [2.05, 4.69) is 10.6 Å². The molecule has 24 heavy (non-hydrogen) atoms. The zero-order valence-electron chi connectivity index (χ0n) is 14.5. The van der Waals surface area contributed by atoms with Crippen LogP contribution in [-0.2, 0) is 20.7 Å². The Morgan fingerprint density at radius 3 is 2.38 bits per heavy atom. The molecular weight excluding hydrogens is 308 g/mol. The van der Waals surface area contributed by atoms with Crippen LogP contribution in [0.2, 0.25) is 0 Å². The fourth-order valence-electron chi connectivity index (χ4n) is 2.30. The van der Waals surface area contributed by atoms with Crippen molar-refractivity contribution < 1.29 is 19.1 Å². The highest BCUT2D eigenvalue weighted by Gasteiger charge is 2.24. The second kappa shape index (κ2) is 10.4. The normalized spacial score (nSPS) is 13.0. The minimum absolute atomic E-state index is 0.200. The van der Waals surface area contributed by atoms with Gasteiger partial charge in [0.25, 0.3) is 0 Å². The molecule has 0 saturated heterocycles. The number of carbonyl (C=O) groups is 3. The maximum atomic E-state index is 12.4. The quantitative estimate of drug-likeness (QED) is 0.677. The summed E-state index contributed by atoms with van der Waals surface area (Å²) in [7, 11) is 0. The van der Waals surface area contributed by atoms with Gasteiger partial charge < -0.3 is 20.2 Å². The molecule has 1 aromatic carbocycles. The van der Waals surface area contributed by atoms with E-state index in [1.807, 2.05) is 44.2 Å². The number of hydrogen-bond donors (Lipinski definition) is 2. The highest BCUT2D eigenvalue weighted by Crippen LogP contribution is 2.07. The first-order chi connectivity index (χ1) is 11.5. The van der Waals surface area contributed by atoms with Crippen LogP contribution in [0.1, 0.15) is 32.8 Å². The van der Waals surface area contributed by atoms with Gasteiger partial charge in [-0.2, -0.15) is 0 Å². The Kier molecular flexibility index (Phi) is 8.54. The standard InChI is InChI=1S/C18H26N2O4/c1-4-24-18(23)20-16(10-13(2)3)17(22)19-15(12-21)11-14-8-6-5-7-9-14/h5-9,12-13,15-16H,4,10-11H2,1-3H3,(H,19,22)(H,20,23). The summed E-state index contributed by atoms with van der Waals surface area (Å²) in [6.45, 7) is 5.83. The van der Waals surface area contributed by atoms with Gasteiger partial charge in [0, 0.05) is 0 Å². The van der Waals surface area contributed by atoms with E-state index < -0.39 is 18.2 Å². The van der Waals surface area contributed by atoms with Gasteiger partial charge in [-0.15, -0.1) is 0 Å². The van der Waals surface area contributed by atoms with Crippen LogP contribution >= 0.6 is 0 Å². The van der Waals surface area contributed by atoms with Crippen LogP contribution in [0.3, 0.4) is 0 Å². The summed E-state index contributed by atoms with van der Waals surface area (Å²) >= 11 is 0. The van der Waals surface area contributed by atoms with Crippen molar-refractivity contribution in [2.75, 3.05) is 6.61 Å². The lowest BCUT2D eigenvalue weighted by Gasteiger charge is -2.22. The summed E-state index contributed by atoms with van der Waals surface area (Å²) in [4.78, 5) is 35.3. The SMILES string of the molecule is CCOC(=O)NC(CC(C)C)C(=O)NC(C=O)Cc1ccccc1. The number of nitrogens with one attached hydrogen (secondary N) is 2. The van der Waals surface area contributed by atoms with Crippen LogP contribution in [0, 0.1) is 5.92 Å². The number of ether oxygens (including phenoxy) is 1. The summed E-state index contributed by atoms with van der Waals surface area (Å²) in [5.74, 6) is -0.184. The molecule has 2 N–H and O–H groups in total. The number of aldehydes is 1. The Morgan fingerprint density at radius 2 is 1.83 bits per heavy atom. The molecule has 2 amide bonds. The predicted molar refractivity (Wildman–Crippen MR) is 91.5 cm³/mol. The van der Waals surface area contributed by atoms with Crippen molar-refractivity contribution in [1.82, 2.24) is 10.6 Å². The molecule has 132 valence electrons. The molecule has 0 heterocycles. The van der Waals surface area contributed by atoms with Gasteiger partial charge >= 0.3 is 6.09 Å². The van der Waals surface area contributed by atoms with Crippen molar-refractivity contribution in [1.29, 1.82) is 0 Å². The van der Waals surface area contributed by atoms with Gasteiger partial charge in [0.1, 0.15) is 12.3 Å². The topological polar surface area (TPSA) is 84.5 Å². The zero-order valence-corrected chi connectivity index (χ0v) is 14.5. The van der Waals surface area contributed by atoms with Crippen molar-refractivity contribution in [2.24, 2.45) is 5.92 Å². The molecule has 0 bridgehead atoms. The maximum absolute atomic E-state index is 12.4. The van der Waals surface area contributed by atoms with Gasteiger partial charge in [0.2, 0.25) is 5.91 Å². The lowest BCUT2D eigenvalue weighted by Crippen LogP contribution is -2.51. The van der Waals surface area contributed by atoms with Crippen LogP contribution in [-0.4, -0.2) is 37.0 Å². The van der Waals surface area contributed by atoms with Gasteiger partial charge in [-0.1, -0.05) is 44.2 Å². The molecular formula is C18H26N2O4. The number of hydrogen-bond acceptors (Lipinski definition) is 4. The molecule has 0 fully saturated rings. The number of carbonyl (C=O) groups excluding carboxylic acids is 3. The van der Waals surface area contributed by atoms with Gasteiger partial charge in [-0.05, 0) is 31.2 Å². The first kappa shape index (κ1) is 19.7. The minimum atomic E-state index is -0.734. The third kappa shape index (κ3) is 7.26. The number of alkyl carbamates (subject to hydrolysis) is 1. The van der Waals surface area contributed by atoms with Crippen LogP contribution in [0.25, 0.3) is 0 Å². The average molecular weight is 334 g/mol. The van der Waals surface area contributed by atoms with Gasteiger partial charge in [-0.25, -0.2) is 4.79 Å². The molecule has 0 aliphatic carbocycles. The van der Waals surface area contributed by atoms with Crippen molar-refractivity contribution in [3.63, 3.8) is 0 Å².